The predicted octanol–water partition coefficient (Wildman–Crippen LogP) is 6.07. The standard InChI is InChI=1S/C29H28F5NO5S2/c1-40-23-7-2-19(3-8-23)18-35-27-12-14-28(17-20(27)13-15-41(35,36)37,25-16-22(30)6-11-26(25)31)42(38,39)24-9-4-21(5-10-24)29(32,33)34/h2-11,16,20,27H,12-15,17-18H2,1H3/t20?,27-,28+/m1/s1. The lowest BCUT2D eigenvalue weighted by molar-refractivity contribution is -0.137. The molecule has 2 fully saturated rings. The van der Waals surface area contributed by atoms with Crippen molar-refractivity contribution < 1.29 is 43.5 Å². The molecule has 3 atom stereocenters. The highest BCUT2D eigenvalue weighted by atomic mass is 32.2. The van der Waals surface area contributed by atoms with Crippen LogP contribution in [0.4, 0.5) is 22.0 Å². The minimum Gasteiger partial charge on any atom is -0.497 e. The van der Waals surface area contributed by atoms with Crippen molar-refractivity contribution >= 4 is 19.9 Å². The molecule has 3 aromatic rings. The molecule has 0 aromatic heterocycles. The number of halogens is 5. The van der Waals surface area contributed by atoms with Gasteiger partial charge in [0.25, 0.3) is 0 Å². The van der Waals surface area contributed by atoms with Crippen LogP contribution in [0.25, 0.3) is 0 Å². The lowest BCUT2D eigenvalue weighted by Crippen LogP contribution is -2.56. The van der Waals surface area contributed by atoms with Gasteiger partial charge in [0.05, 0.1) is 23.3 Å². The van der Waals surface area contributed by atoms with Gasteiger partial charge in [0.15, 0.2) is 9.84 Å². The van der Waals surface area contributed by atoms with Gasteiger partial charge in [-0.05, 0) is 91.8 Å². The fourth-order valence-electron chi connectivity index (χ4n) is 6.23. The van der Waals surface area contributed by atoms with Gasteiger partial charge in [-0.2, -0.15) is 17.5 Å². The Balaban J connectivity index is 1.56. The third-order valence-electron chi connectivity index (χ3n) is 8.38. The summed E-state index contributed by atoms with van der Waals surface area (Å²) in [6, 6.07) is 11.6. The highest BCUT2D eigenvalue weighted by molar-refractivity contribution is 7.92. The monoisotopic (exact) mass is 629 g/mol. The molecule has 0 bridgehead atoms. The van der Waals surface area contributed by atoms with Gasteiger partial charge in [0, 0.05) is 18.2 Å². The van der Waals surface area contributed by atoms with Crippen molar-refractivity contribution in [2.24, 2.45) is 5.92 Å². The molecule has 1 aliphatic carbocycles. The Morgan fingerprint density at radius 1 is 0.976 bits per heavy atom. The number of sulfone groups is 1. The number of ether oxygens (including phenoxy) is 1. The first kappa shape index (κ1) is 30.4. The second-order valence-corrected chi connectivity index (χ2v) is 15.0. The van der Waals surface area contributed by atoms with Gasteiger partial charge >= 0.3 is 6.18 Å². The van der Waals surface area contributed by atoms with Crippen LogP contribution in [-0.2, 0) is 37.3 Å². The van der Waals surface area contributed by atoms with Crippen LogP contribution >= 0.6 is 0 Å². The van der Waals surface area contributed by atoms with E-state index >= 15 is 4.39 Å². The summed E-state index contributed by atoms with van der Waals surface area (Å²) in [7, 11) is -6.81. The Morgan fingerprint density at radius 2 is 1.64 bits per heavy atom. The van der Waals surface area contributed by atoms with Crippen molar-refractivity contribution in [3.05, 3.63) is 95.1 Å². The Kier molecular flexibility index (Phi) is 7.90. The minimum atomic E-state index is -4.70. The minimum absolute atomic E-state index is 0.00979. The van der Waals surface area contributed by atoms with E-state index in [-0.39, 0.29) is 38.0 Å². The van der Waals surface area contributed by atoms with E-state index in [2.05, 4.69) is 0 Å². The van der Waals surface area contributed by atoms with E-state index in [9.17, 15) is 34.4 Å². The molecule has 2 aliphatic rings. The highest BCUT2D eigenvalue weighted by Crippen LogP contribution is 2.53. The van der Waals surface area contributed by atoms with E-state index in [4.69, 9.17) is 4.74 Å². The molecule has 5 rings (SSSR count). The van der Waals surface area contributed by atoms with Crippen LogP contribution in [0.2, 0.25) is 0 Å². The van der Waals surface area contributed by atoms with Crippen LogP contribution < -0.4 is 4.74 Å². The zero-order valence-corrected chi connectivity index (χ0v) is 24.1. The summed E-state index contributed by atoms with van der Waals surface area (Å²) in [5.41, 5.74) is -0.788. The topological polar surface area (TPSA) is 80.8 Å². The molecular formula is C29H28F5NO5S2. The summed E-state index contributed by atoms with van der Waals surface area (Å²) in [6.07, 6.45) is -5.11. The number of hydrogen-bond donors (Lipinski definition) is 0. The molecule has 42 heavy (non-hydrogen) atoms. The first-order valence-electron chi connectivity index (χ1n) is 13.2. The predicted molar refractivity (Wildman–Crippen MR) is 145 cm³/mol. The second kappa shape index (κ2) is 10.9. The molecule has 1 aliphatic heterocycles. The maximum absolute atomic E-state index is 15.3. The van der Waals surface area contributed by atoms with Crippen LogP contribution in [0, 0.1) is 17.6 Å². The SMILES string of the molecule is COc1ccc(CN2[C@@H]3CC[C@](c4cc(F)ccc4F)(S(=O)(=O)c4ccc(C(F)(F)F)cc4)CC3CCS2(=O)=O)cc1. The number of nitrogens with zero attached hydrogens (tertiary/aromatic N) is 1. The van der Waals surface area contributed by atoms with Crippen molar-refractivity contribution in [3.63, 3.8) is 0 Å². The van der Waals surface area contributed by atoms with Crippen LogP contribution in [0.15, 0.2) is 71.6 Å². The highest BCUT2D eigenvalue weighted by Gasteiger charge is 2.56. The average Bonchev–Trinajstić information content (AvgIpc) is 2.95. The largest absolute Gasteiger partial charge is 0.497 e. The number of alkyl halides is 3. The molecule has 6 nitrogen and oxygen atoms in total. The van der Waals surface area contributed by atoms with Crippen molar-refractivity contribution in [1.29, 1.82) is 0 Å². The van der Waals surface area contributed by atoms with E-state index < -0.39 is 70.4 Å². The molecule has 0 radical (unpaired) electrons. The summed E-state index contributed by atoms with van der Waals surface area (Å²) in [4.78, 5) is -0.462. The van der Waals surface area contributed by atoms with E-state index in [0.717, 1.165) is 30.3 Å². The van der Waals surface area contributed by atoms with Crippen molar-refractivity contribution in [2.75, 3.05) is 12.9 Å². The van der Waals surface area contributed by atoms with Crippen LogP contribution in [0.5, 0.6) is 5.75 Å². The molecule has 1 heterocycles. The fourth-order valence-corrected chi connectivity index (χ4v) is 10.3. The third-order valence-corrected chi connectivity index (χ3v) is 12.8. The molecule has 1 saturated carbocycles. The maximum Gasteiger partial charge on any atom is 0.416 e. The smallest absolute Gasteiger partial charge is 0.416 e. The van der Waals surface area contributed by atoms with Gasteiger partial charge in [-0.25, -0.2) is 25.6 Å². The van der Waals surface area contributed by atoms with Gasteiger partial charge in [0.2, 0.25) is 10.0 Å². The fraction of sp³-hybridized carbons (Fsp3) is 0.379. The Morgan fingerprint density at radius 3 is 2.26 bits per heavy atom. The zero-order chi connectivity index (χ0) is 30.5. The number of fused-ring (bicyclic) bond motifs is 1. The van der Waals surface area contributed by atoms with Crippen LogP contribution in [0.1, 0.15) is 42.4 Å². The summed E-state index contributed by atoms with van der Waals surface area (Å²) in [5.74, 6) is -2.07. The Hall–Kier alpha value is -3.03. The molecule has 226 valence electrons. The molecule has 0 spiro atoms. The molecule has 0 N–H and O–H groups in total. The number of hydrogen-bond acceptors (Lipinski definition) is 5. The number of rotatable bonds is 6. The number of methoxy groups -OCH3 is 1. The Bertz CT molecular complexity index is 1680. The van der Waals surface area contributed by atoms with Crippen molar-refractivity contribution in [3.8, 4) is 5.75 Å². The Labute approximate surface area is 241 Å². The third kappa shape index (κ3) is 5.42. The van der Waals surface area contributed by atoms with Crippen LogP contribution in [-0.4, -0.2) is 40.0 Å². The molecule has 3 aromatic carbocycles. The summed E-state index contributed by atoms with van der Waals surface area (Å²) in [5, 5.41) is 0. The van der Waals surface area contributed by atoms with Crippen LogP contribution in [0.3, 0.4) is 0 Å². The quantitative estimate of drug-likeness (QED) is 0.310. The van der Waals surface area contributed by atoms with E-state index in [1.807, 2.05) is 0 Å². The zero-order valence-electron chi connectivity index (χ0n) is 22.4. The summed E-state index contributed by atoms with van der Waals surface area (Å²) in [6.45, 7) is 0.0282. The normalized spacial score (nSPS) is 24.6. The number of sulfonamides is 1. The lowest BCUT2D eigenvalue weighted by atomic mass is 9.73. The molecule has 1 unspecified atom stereocenters. The first-order chi connectivity index (χ1) is 19.7. The average molecular weight is 630 g/mol. The molecular weight excluding hydrogens is 601 g/mol. The molecule has 0 amide bonds. The number of benzene rings is 3. The van der Waals surface area contributed by atoms with Crippen molar-refractivity contribution in [1.82, 2.24) is 4.31 Å². The van der Waals surface area contributed by atoms with Gasteiger partial charge in [-0.15, -0.1) is 0 Å². The van der Waals surface area contributed by atoms with Gasteiger partial charge in [-0.1, -0.05) is 12.1 Å². The summed E-state index contributed by atoms with van der Waals surface area (Å²) < 4.78 is 129. The van der Waals surface area contributed by atoms with Crippen molar-refractivity contribution in [2.45, 2.75) is 54.1 Å². The van der Waals surface area contributed by atoms with E-state index in [1.54, 1.807) is 24.3 Å². The van der Waals surface area contributed by atoms with E-state index in [0.29, 0.717) is 23.4 Å². The lowest BCUT2D eigenvalue weighted by Gasteiger charge is -2.49. The van der Waals surface area contributed by atoms with Gasteiger partial charge in [-0.3, -0.25) is 0 Å². The second-order valence-electron chi connectivity index (χ2n) is 10.7. The molecule has 1 saturated heterocycles. The van der Waals surface area contributed by atoms with Gasteiger partial charge < -0.3 is 4.74 Å². The van der Waals surface area contributed by atoms with Gasteiger partial charge in [0.1, 0.15) is 22.1 Å². The maximum atomic E-state index is 15.3. The molecule has 13 heteroatoms. The van der Waals surface area contributed by atoms with E-state index in [1.165, 1.54) is 11.4 Å². The first-order valence-corrected chi connectivity index (χ1v) is 16.3. The summed E-state index contributed by atoms with van der Waals surface area (Å²) >= 11 is 0.